The van der Waals surface area contributed by atoms with Crippen LogP contribution >= 0.6 is 7.60 Å². The van der Waals surface area contributed by atoms with Crippen molar-refractivity contribution in [2.24, 2.45) is 0 Å². The molecule has 0 aromatic rings. The number of carbonyl (C=O) groups excluding carboxylic acids is 2. The maximum atomic E-state index is 12.4. The lowest BCUT2D eigenvalue weighted by Crippen LogP contribution is -2.06. The minimum Gasteiger partial charge on any atom is -0.466 e. The van der Waals surface area contributed by atoms with Gasteiger partial charge in [-0.25, -0.2) is 0 Å². The van der Waals surface area contributed by atoms with Crippen LogP contribution in [0.1, 0.15) is 46.5 Å². The highest BCUT2D eigenvalue weighted by molar-refractivity contribution is 7.53. The molecule has 7 nitrogen and oxygen atoms in total. The van der Waals surface area contributed by atoms with Crippen molar-refractivity contribution in [1.29, 1.82) is 0 Å². The fraction of sp³-hybridized carbons (Fsp3) is 0.857. The maximum absolute atomic E-state index is 12.4. The summed E-state index contributed by atoms with van der Waals surface area (Å²) in [5.41, 5.74) is 0. The summed E-state index contributed by atoms with van der Waals surface area (Å²) in [6.07, 6.45) is 2.80. The average molecular weight is 338 g/mol. The molecule has 1 atom stereocenters. The molecule has 8 heteroatoms. The molecule has 0 N–H and O–H groups in total. The maximum Gasteiger partial charge on any atom is 0.330 e. The van der Waals surface area contributed by atoms with E-state index in [1.807, 2.05) is 0 Å². The van der Waals surface area contributed by atoms with Gasteiger partial charge in [-0.05, 0) is 32.6 Å². The number of ether oxygens (including phenoxy) is 2. The number of hydrogen-bond donors (Lipinski definition) is 0. The first kappa shape index (κ1) is 21.1. The minimum atomic E-state index is -3.10. The van der Waals surface area contributed by atoms with E-state index in [1.165, 1.54) is 13.8 Å². The van der Waals surface area contributed by atoms with Crippen LogP contribution in [0.5, 0.6) is 0 Å². The summed E-state index contributed by atoms with van der Waals surface area (Å²) in [5, 5.41) is 0. The highest BCUT2D eigenvalue weighted by Gasteiger charge is 2.23. The minimum absolute atomic E-state index is 0.294. The quantitative estimate of drug-likeness (QED) is 0.290. The lowest BCUT2D eigenvalue weighted by Gasteiger charge is -2.17. The topological polar surface area (TPSA) is 88.1 Å². The van der Waals surface area contributed by atoms with E-state index in [9.17, 15) is 14.2 Å². The Labute approximate surface area is 132 Å². The van der Waals surface area contributed by atoms with Gasteiger partial charge in [0.1, 0.15) is 0 Å². The zero-order valence-electron chi connectivity index (χ0n) is 13.7. The van der Waals surface area contributed by atoms with Gasteiger partial charge in [-0.3, -0.25) is 14.2 Å². The number of hydrogen-bond acceptors (Lipinski definition) is 7. The highest BCUT2D eigenvalue weighted by atomic mass is 31.2. The summed E-state index contributed by atoms with van der Waals surface area (Å²) in [6, 6.07) is 0. The molecule has 0 aromatic carbocycles. The first-order valence-electron chi connectivity index (χ1n) is 7.54. The lowest BCUT2D eigenvalue weighted by molar-refractivity contribution is -0.142. The van der Waals surface area contributed by atoms with Crippen LogP contribution in [0.15, 0.2) is 0 Å². The van der Waals surface area contributed by atoms with Crippen LogP contribution in [0.3, 0.4) is 0 Å². The van der Waals surface area contributed by atoms with Crippen molar-refractivity contribution in [3.8, 4) is 0 Å². The molecule has 0 aliphatic carbocycles. The second kappa shape index (κ2) is 12.6. The molecular weight excluding hydrogens is 311 g/mol. The van der Waals surface area contributed by atoms with Gasteiger partial charge in [0.25, 0.3) is 0 Å². The largest absolute Gasteiger partial charge is 0.466 e. The molecule has 0 saturated heterocycles. The monoisotopic (exact) mass is 338 g/mol. The lowest BCUT2D eigenvalue weighted by atomic mass is 10.3. The standard InChI is InChI=1S/C14H27O7P/c1-4-20-22(17,12-8-7-10-19-14(3)16)21-11-6-5-9-18-13(2)15/h4-12H2,1-3H3. The Morgan fingerprint density at radius 1 is 0.818 bits per heavy atom. The van der Waals surface area contributed by atoms with Crippen LogP contribution in [0.2, 0.25) is 0 Å². The predicted molar refractivity (Wildman–Crippen MR) is 81.8 cm³/mol. The molecule has 0 bridgehead atoms. The van der Waals surface area contributed by atoms with E-state index in [4.69, 9.17) is 18.5 Å². The van der Waals surface area contributed by atoms with Gasteiger partial charge in [0.15, 0.2) is 0 Å². The zero-order chi connectivity index (χ0) is 16.8. The molecule has 0 heterocycles. The average Bonchev–Trinajstić information content (AvgIpc) is 2.42. The molecule has 1 unspecified atom stereocenters. The van der Waals surface area contributed by atoms with Crippen molar-refractivity contribution in [3.05, 3.63) is 0 Å². The van der Waals surface area contributed by atoms with Gasteiger partial charge in [-0.1, -0.05) is 0 Å². The number of carbonyl (C=O) groups is 2. The third-order valence-corrected chi connectivity index (χ3v) is 4.68. The smallest absolute Gasteiger partial charge is 0.330 e. The molecule has 0 amide bonds. The molecule has 0 rings (SSSR count). The van der Waals surface area contributed by atoms with Gasteiger partial charge in [-0.2, -0.15) is 0 Å². The van der Waals surface area contributed by atoms with Gasteiger partial charge in [0, 0.05) is 13.8 Å². The second-order valence-corrected chi connectivity index (χ2v) is 6.87. The van der Waals surface area contributed by atoms with E-state index in [0.29, 0.717) is 58.3 Å². The van der Waals surface area contributed by atoms with Crippen LogP contribution in [-0.4, -0.2) is 44.5 Å². The number of rotatable bonds is 13. The number of esters is 2. The fourth-order valence-electron chi connectivity index (χ4n) is 1.61. The first-order chi connectivity index (χ1) is 10.4. The van der Waals surface area contributed by atoms with Gasteiger partial charge in [0.05, 0.1) is 32.6 Å². The number of unbranched alkanes of at least 4 members (excludes halogenated alkanes) is 2. The molecule has 0 fully saturated rings. The van der Waals surface area contributed by atoms with Crippen molar-refractivity contribution < 1.29 is 32.7 Å². The first-order valence-corrected chi connectivity index (χ1v) is 9.27. The molecule has 0 saturated carbocycles. The highest BCUT2D eigenvalue weighted by Crippen LogP contribution is 2.48. The van der Waals surface area contributed by atoms with Gasteiger partial charge >= 0.3 is 19.5 Å². The van der Waals surface area contributed by atoms with Crippen LogP contribution in [0.25, 0.3) is 0 Å². The fourth-order valence-corrected chi connectivity index (χ4v) is 3.35. The van der Waals surface area contributed by atoms with Crippen molar-refractivity contribution in [3.63, 3.8) is 0 Å². The molecule has 0 aliphatic rings. The van der Waals surface area contributed by atoms with E-state index < -0.39 is 7.60 Å². The van der Waals surface area contributed by atoms with E-state index >= 15 is 0 Å². The summed E-state index contributed by atoms with van der Waals surface area (Å²) in [7, 11) is -3.10. The van der Waals surface area contributed by atoms with Crippen LogP contribution in [0.4, 0.5) is 0 Å². The normalized spacial score (nSPS) is 13.4. The van der Waals surface area contributed by atoms with Crippen molar-refractivity contribution in [2.75, 3.05) is 32.6 Å². The molecule has 0 spiro atoms. The van der Waals surface area contributed by atoms with E-state index in [1.54, 1.807) is 6.92 Å². The van der Waals surface area contributed by atoms with Crippen molar-refractivity contribution in [1.82, 2.24) is 0 Å². The molecule has 0 aliphatic heterocycles. The zero-order valence-corrected chi connectivity index (χ0v) is 14.6. The van der Waals surface area contributed by atoms with Crippen molar-refractivity contribution >= 4 is 19.5 Å². The summed E-state index contributed by atoms with van der Waals surface area (Å²) in [6.45, 7) is 5.72. The predicted octanol–water partition coefficient (Wildman–Crippen LogP) is 2.92. The van der Waals surface area contributed by atoms with E-state index in [-0.39, 0.29) is 11.9 Å². The van der Waals surface area contributed by atoms with Crippen molar-refractivity contribution in [2.45, 2.75) is 46.5 Å². The van der Waals surface area contributed by atoms with E-state index in [0.717, 1.165) is 0 Å². The Kier molecular flexibility index (Phi) is 12.1. The van der Waals surface area contributed by atoms with Gasteiger partial charge < -0.3 is 18.5 Å². The Morgan fingerprint density at radius 2 is 1.32 bits per heavy atom. The van der Waals surface area contributed by atoms with Crippen LogP contribution in [0, 0.1) is 0 Å². The molecule has 22 heavy (non-hydrogen) atoms. The van der Waals surface area contributed by atoms with Crippen LogP contribution < -0.4 is 0 Å². The molecule has 0 aromatic heterocycles. The van der Waals surface area contributed by atoms with Gasteiger partial charge in [-0.15, -0.1) is 0 Å². The third kappa shape index (κ3) is 12.8. The summed E-state index contributed by atoms with van der Waals surface area (Å²) in [5.74, 6) is -0.634. The molecular formula is C14H27O7P. The Morgan fingerprint density at radius 3 is 1.82 bits per heavy atom. The third-order valence-electron chi connectivity index (χ3n) is 2.59. The van der Waals surface area contributed by atoms with E-state index in [2.05, 4.69) is 0 Å². The van der Waals surface area contributed by atoms with Gasteiger partial charge in [0.2, 0.25) is 0 Å². The second-order valence-electron chi connectivity index (χ2n) is 4.68. The molecule has 130 valence electrons. The summed E-state index contributed by atoms with van der Waals surface area (Å²) >= 11 is 0. The summed E-state index contributed by atoms with van der Waals surface area (Å²) < 4.78 is 32.7. The summed E-state index contributed by atoms with van der Waals surface area (Å²) in [4.78, 5) is 21.2. The molecule has 0 radical (unpaired) electrons. The Bertz CT molecular complexity index is 370. The SMILES string of the molecule is CCOP(=O)(CCCCOC(C)=O)OCCCCOC(C)=O. The Balaban J connectivity index is 3.87. The van der Waals surface area contributed by atoms with Crippen LogP contribution in [-0.2, 0) is 32.7 Å². The Hall–Kier alpha value is -0.910.